The van der Waals surface area contributed by atoms with E-state index in [-0.39, 0.29) is 0 Å². The molecule has 2 heteroatoms. The summed E-state index contributed by atoms with van der Waals surface area (Å²) < 4.78 is 0. The van der Waals surface area contributed by atoms with E-state index >= 15 is 0 Å². The van der Waals surface area contributed by atoms with Crippen LogP contribution in [0, 0.1) is 17.8 Å². The van der Waals surface area contributed by atoms with E-state index in [0.717, 1.165) is 30.3 Å². The molecular weight excluding hydrogens is 208 g/mol. The van der Waals surface area contributed by atoms with Crippen LogP contribution >= 0.6 is 0 Å². The number of nitrogens with zero attached hydrogens (tertiary/aromatic N) is 1. The van der Waals surface area contributed by atoms with Crippen LogP contribution in [0.25, 0.3) is 0 Å². The number of piperidine rings is 1. The topological polar surface area (TPSA) is 29.3 Å². The zero-order chi connectivity index (χ0) is 12.3. The minimum absolute atomic E-state index is 0.873. The van der Waals surface area contributed by atoms with Gasteiger partial charge in [0.1, 0.15) is 0 Å². The second-order valence-corrected chi connectivity index (χ2v) is 6.52. The monoisotopic (exact) mass is 238 g/mol. The van der Waals surface area contributed by atoms with Crippen molar-refractivity contribution in [2.45, 2.75) is 58.4 Å². The molecule has 0 spiro atoms. The molecule has 0 aromatic heterocycles. The maximum atomic E-state index is 5.66. The zero-order valence-corrected chi connectivity index (χ0v) is 11.7. The highest BCUT2D eigenvalue weighted by molar-refractivity contribution is 4.86. The molecule has 2 rings (SSSR count). The van der Waals surface area contributed by atoms with Gasteiger partial charge in [-0.2, -0.15) is 0 Å². The van der Waals surface area contributed by atoms with Crippen LogP contribution < -0.4 is 5.73 Å². The fraction of sp³-hybridized carbons (Fsp3) is 1.00. The SMILES string of the molecule is CC1CCC(C)C(N2CCC(CCN)CC2)C1. The van der Waals surface area contributed by atoms with Gasteiger partial charge in [-0.25, -0.2) is 0 Å². The molecular formula is C15H30N2. The van der Waals surface area contributed by atoms with Gasteiger partial charge in [0.15, 0.2) is 0 Å². The third-order valence-electron chi connectivity index (χ3n) is 5.11. The van der Waals surface area contributed by atoms with Crippen LogP contribution in [0.5, 0.6) is 0 Å². The highest BCUT2D eigenvalue weighted by Gasteiger charge is 2.32. The standard InChI is InChI=1S/C15H30N2/c1-12-3-4-13(2)15(11-12)17-9-6-14(5-8-16)7-10-17/h12-15H,3-11,16H2,1-2H3. The van der Waals surface area contributed by atoms with Gasteiger partial charge in [0, 0.05) is 6.04 Å². The molecule has 2 nitrogen and oxygen atoms in total. The van der Waals surface area contributed by atoms with Gasteiger partial charge in [-0.3, -0.25) is 0 Å². The summed E-state index contributed by atoms with van der Waals surface area (Å²) in [4.78, 5) is 2.79. The van der Waals surface area contributed by atoms with E-state index in [4.69, 9.17) is 5.73 Å². The van der Waals surface area contributed by atoms with Gasteiger partial charge in [0.2, 0.25) is 0 Å². The van der Waals surface area contributed by atoms with E-state index in [1.165, 1.54) is 51.6 Å². The minimum Gasteiger partial charge on any atom is -0.330 e. The molecule has 1 aliphatic carbocycles. The molecule has 1 heterocycles. The molecule has 0 aromatic rings. The van der Waals surface area contributed by atoms with Crippen LogP contribution in [0.1, 0.15) is 52.4 Å². The first-order chi connectivity index (χ1) is 8.20. The van der Waals surface area contributed by atoms with Crippen LogP contribution in [-0.4, -0.2) is 30.6 Å². The molecule has 0 amide bonds. The van der Waals surface area contributed by atoms with Crippen molar-refractivity contribution in [2.24, 2.45) is 23.5 Å². The number of likely N-dealkylation sites (tertiary alicyclic amines) is 1. The molecule has 3 atom stereocenters. The Labute approximate surface area is 107 Å². The Balaban J connectivity index is 1.82. The molecule has 17 heavy (non-hydrogen) atoms. The molecule has 1 saturated heterocycles. The average molecular weight is 238 g/mol. The van der Waals surface area contributed by atoms with Crippen molar-refractivity contribution in [3.05, 3.63) is 0 Å². The maximum absolute atomic E-state index is 5.66. The first-order valence-electron chi connectivity index (χ1n) is 7.64. The first kappa shape index (κ1) is 13.4. The van der Waals surface area contributed by atoms with Crippen molar-refractivity contribution in [3.63, 3.8) is 0 Å². The molecule has 2 fully saturated rings. The second kappa shape index (κ2) is 6.19. The van der Waals surface area contributed by atoms with Crippen molar-refractivity contribution in [3.8, 4) is 0 Å². The van der Waals surface area contributed by atoms with Gasteiger partial charge in [-0.1, -0.05) is 20.3 Å². The Bertz CT molecular complexity index is 221. The summed E-state index contributed by atoms with van der Waals surface area (Å²) in [6, 6.07) is 0.873. The van der Waals surface area contributed by atoms with Crippen molar-refractivity contribution < 1.29 is 0 Å². The lowest BCUT2D eigenvalue weighted by Gasteiger charge is -2.44. The maximum Gasteiger partial charge on any atom is 0.0123 e. The molecule has 1 aliphatic heterocycles. The van der Waals surface area contributed by atoms with Crippen molar-refractivity contribution in [2.75, 3.05) is 19.6 Å². The summed E-state index contributed by atoms with van der Waals surface area (Å²) in [6.45, 7) is 8.42. The van der Waals surface area contributed by atoms with E-state index in [1.54, 1.807) is 0 Å². The van der Waals surface area contributed by atoms with Crippen molar-refractivity contribution in [1.82, 2.24) is 4.90 Å². The summed E-state index contributed by atoms with van der Waals surface area (Å²) in [5.74, 6) is 2.77. The largest absolute Gasteiger partial charge is 0.330 e. The summed E-state index contributed by atoms with van der Waals surface area (Å²) in [5.41, 5.74) is 5.66. The lowest BCUT2D eigenvalue weighted by atomic mass is 9.78. The van der Waals surface area contributed by atoms with Gasteiger partial charge >= 0.3 is 0 Å². The Morgan fingerprint density at radius 1 is 1.06 bits per heavy atom. The van der Waals surface area contributed by atoms with Crippen LogP contribution in [0.15, 0.2) is 0 Å². The second-order valence-electron chi connectivity index (χ2n) is 6.52. The van der Waals surface area contributed by atoms with Crippen molar-refractivity contribution >= 4 is 0 Å². The normalized spacial score (nSPS) is 37.2. The molecule has 0 radical (unpaired) electrons. The highest BCUT2D eigenvalue weighted by atomic mass is 15.2. The quantitative estimate of drug-likeness (QED) is 0.819. The summed E-state index contributed by atoms with van der Waals surface area (Å²) in [7, 11) is 0. The molecule has 3 unspecified atom stereocenters. The van der Waals surface area contributed by atoms with Crippen molar-refractivity contribution in [1.29, 1.82) is 0 Å². The molecule has 1 saturated carbocycles. The molecule has 100 valence electrons. The fourth-order valence-electron chi connectivity index (χ4n) is 3.82. The van der Waals surface area contributed by atoms with Gasteiger partial charge < -0.3 is 10.6 Å². The molecule has 2 aliphatic rings. The number of rotatable bonds is 3. The smallest absolute Gasteiger partial charge is 0.0123 e. The van der Waals surface area contributed by atoms with Gasteiger partial charge in [-0.15, -0.1) is 0 Å². The zero-order valence-electron chi connectivity index (χ0n) is 11.7. The first-order valence-corrected chi connectivity index (χ1v) is 7.64. The molecule has 2 N–H and O–H groups in total. The average Bonchev–Trinajstić information content (AvgIpc) is 2.34. The third-order valence-corrected chi connectivity index (χ3v) is 5.11. The predicted octanol–water partition coefficient (Wildman–Crippen LogP) is 2.87. The van der Waals surface area contributed by atoms with E-state index in [2.05, 4.69) is 18.7 Å². The highest BCUT2D eigenvalue weighted by Crippen LogP contribution is 2.34. The Kier molecular flexibility index (Phi) is 4.87. The number of nitrogens with two attached hydrogens (primary N) is 1. The van der Waals surface area contributed by atoms with Crippen LogP contribution in [-0.2, 0) is 0 Å². The van der Waals surface area contributed by atoms with Crippen LogP contribution in [0.3, 0.4) is 0 Å². The van der Waals surface area contributed by atoms with Crippen LogP contribution in [0.4, 0.5) is 0 Å². The van der Waals surface area contributed by atoms with E-state index in [9.17, 15) is 0 Å². The van der Waals surface area contributed by atoms with Gasteiger partial charge in [0.05, 0.1) is 0 Å². The number of hydrogen-bond donors (Lipinski definition) is 1. The van der Waals surface area contributed by atoms with E-state index in [0.29, 0.717) is 0 Å². The predicted molar refractivity (Wildman–Crippen MR) is 73.9 cm³/mol. The van der Waals surface area contributed by atoms with E-state index in [1.807, 2.05) is 0 Å². The van der Waals surface area contributed by atoms with Crippen LogP contribution in [0.2, 0.25) is 0 Å². The molecule has 0 aromatic carbocycles. The Hall–Kier alpha value is -0.0800. The van der Waals surface area contributed by atoms with Gasteiger partial charge in [0.25, 0.3) is 0 Å². The number of hydrogen-bond acceptors (Lipinski definition) is 2. The lowest BCUT2D eigenvalue weighted by molar-refractivity contribution is 0.0583. The van der Waals surface area contributed by atoms with Gasteiger partial charge in [-0.05, 0) is 69.5 Å². The minimum atomic E-state index is 0.873. The summed E-state index contributed by atoms with van der Waals surface area (Å²) in [5, 5.41) is 0. The Morgan fingerprint density at radius 2 is 1.76 bits per heavy atom. The third kappa shape index (κ3) is 3.45. The fourth-order valence-corrected chi connectivity index (χ4v) is 3.82. The Morgan fingerprint density at radius 3 is 2.41 bits per heavy atom. The molecule has 0 bridgehead atoms. The van der Waals surface area contributed by atoms with E-state index < -0.39 is 0 Å². The summed E-state index contributed by atoms with van der Waals surface area (Å²) in [6.07, 6.45) is 8.33. The lowest BCUT2D eigenvalue weighted by Crippen LogP contribution is -2.47. The summed E-state index contributed by atoms with van der Waals surface area (Å²) >= 11 is 0.